The molecule has 0 spiro atoms. The molecule has 0 aliphatic carbocycles. The van der Waals surface area contributed by atoms with Crippen LogP contribution in [0.25, 0.3) is 4.85 Å². The van der Waals surface area contributed by atoms with Crippen LogP contribution >= 0.6 is 27.5 Å². The lowest BCUT2D eigenvalue weighted by Gasteiger charge is -2.07. The molecular formula is C12H11BrClNO2. The lowest BCUT2D eigenvalue weighted by atomic mass is 10.0. The minimum Gasteiger partial charge on any atom is -0.469 e. The first-order chi connectivity index (χ1) is 8.08. The molecule has 0 fully saturated rings. The minimum atomic E-state index is -0.408. The normalized spacial score (nSPS) is 11.6. The van der Waals surface area contributed by atoms with Crippen molar-refractivity contribution < 1.29 is 9.53 Å². The lowest BCUT2D eigenvalue weighted by Crippen LogP contribution is -2.03. The third-order valence-electron chi connectivity index (χ3n) is 2.33. The van der Waals surface area contributed by atoms with Crippen LogP contribution in [0.15, 0.2) is 22.7 Å². The first-order valence-electron chi connectivity index (χ1n) is 4.96. The zero-order chi connectivity index (χ0) is 12.8. The molecule has 5 heteroatoms. The molecule has 0 saturated carbocycles. The molecule has 0 bridgehead atoms. The zero-order valence-corrected chi connectivity index (χ0v) is 11.6. The molecule has 0 aromatic heterocycles. The molecule has 1 rings (SSSR count). The highest BCUT2D eigenvalue weighted by Crippen LogP contribution is 2.31. The van der Waals surface area contributed by atoms with E-state index >= 15 is 0 Å². The standard InChI is InChI=1S/C12H11BrClNO2/c1-15-11(5-6-12(16)17-2)9-4-3-8(13)7-10(9)14/h3-4,7,11H,5-6H2,2H3. The monoisotopic (exact) mass is 315 g/mol. The van der Waals surface area contributed by atoms with Crippen LogP contribution in [-0.2, 0) is 9.53 Å². The number of nitrogens with zero attached hydrogens (tertiary/aromatic N) is 1. The predicted molar refractivity (Wildman–Crippen MR) is 69.7 cm³/mol. The minimum absolute atomic E-state index is 0.218. The molecule has 17 heavy (non-hydrogen) atoms. The predicted octanol–water partition coefficient (Wildman–Crippen LogP) is 4.02. The van der Waals surface area contributed by atoms with Crippen LogP contribution < -0.4 is 0 Å². The summed E-state index contributed by atoms with van der Waals surface area (Å²) >= 11 is 9.37. The number of hydrogen-bond donors (Lipinski definition) is 0. The Morgan fingerprint density at radius 2 is 2.35 bits per heavy atom. The Bertz CT molecular complexity index is 456. The van der Waals surface area contributed by atoms with Gasteiger partial charge in [0.1, 0.15) is 0 Å². The summed E-state index contributed by atoms with van der Waals surface area (Å²) in [5, 5.41) is 0.533. The van der Waals surface area contributed by atoms with Crippen molar-refractivity contribution in [3.8, 4) is 0 Å². The van der Waals surface area contributed by atoms with Gasteiger partial charge >= 0.3 is 5.97 Å². The average Bonchev–Trinajstić information content (AvgIpc) is 2.31. The maximum absolute atomic E-state index is 11.0. The van der Waals surface area contributed by atoms with Crippen molar-refractivity contribution in [1.29, 1.82) is 0 Å². The van der Waals surface area contributed by atoms with Gasteiger partial charge in [-0.3, -0.25) is 4.79 Å². The van der Waals surface area contributed by atoms with E-state index in [9.17, 15) is 4.79 Å². The maximum atomic E-state index is 11.0. The summed E-state index contributed by atoms with van der Waals surface area (Å²) in [6.45, 7) is 7.15. The Hall–Kier alpha value is -1.05. The van der Waals surface area contributed by atoms with Crippen molar-refractivity contribution in [2.24, 2.45) is 0 Å². The Kier molecular flexibility index (Phi) is 5.46. The van der Waals surface area contributed by atoms with Crippen LogP contribution in [0.3, 0.4) is 0 Å². The summed E-state index contributed by atoms with van der Waals surface area (Å²) in [4.78, 5) is 14.5. The lowest BCUT2D eigenvalue weighted by molar-refractivity contribution is -0.140. The summed E-state index contributed by atoms with van der Waals surface area (Å²) < 4.78 is 5.41. The summed E-state index contributed by atoms with van der Waals surface area (Å²) in [5.74, 6) is -0.313. The summed E-state index contributed by atoms with van der Waals surface area (Å²) in [5.41, 5.74) is 0.744. The zero-order valence-electron chi connectivity index (χ0n) is 9.24. The van der Waals surface area contributed by atoms with Crippen molar-refractivity contribution in [3.63, 3.8) is 0 Å². The molecule has 3 nitrogen and oxygen atoms in total. The van der Waals surface area contributed by atoms with Gasteiger partial charge in [0.2, 0.25) is 0 Å². The first kappa shape index (κ1) is 14.0. The smallest absolute Gasteiger partial charge is 0.305 e. The molecule has 1 unspecified atom stereocenters. The Labute approximate surface area is 114 Å². The molecule has 1 aromatic rings. The number of hydrogen-bond acceptors (Lipinski definition) is 2. The first-order valence-corrected chi connectivity index (χ1v) is 6.14. The van der Waals surface area contributed by atoms with Crippen molar-refractivity contribution in [1.82, 2.24) is 0 Å². The number of ether oxygens (including phenoxy) is 1. The van der Waals surface area contributed by atoms with Crippen LogP contribution in [0.1, 0.15) is 24.4 Å². The van der Waals surface area contributed by atoms with Crippen LogP contribution in [0.4, 0.5) is 0 Å². The number of carbonyl (C=O) groups is 1. The van der Waals surface area contributed by atoms with Crippen molar-refractivity contribution in [2.45, 2.75) is 18.9 Å². The van der Waals surface area contributed by atoms with E-state index in [1.807, 2.05) is 6.07 Å². The highest BCUT2D eigenvalue weighted by molar-refractivity contribution is 9.10. The van der Waals surface area contributed by atoms with E-state index < -0.39 is 6.04 Å². The molecule has 0 aliphatic rings. The highest BCUT2D eigenvalue weighted by atomic mass is 79.9. The SMILES string of the molecule is [C-]#[N+]C(CCC(=O)OC)c1ccc(Br)cc1Cl. The molecule has 1 atom stereocenters. The fourth-order valence-electron chi connectivity index (χ4n) is 1.42. The molecule has 0 heterocycles. The fraction of sp³-hybridized carbons (Fsp3) is 0.333. The molecule has 0 amide bonds. The third kappa shape index (κ3) is 4.03. The van der Waals surface area contributed by atoms with E-state index in [0.29, 0.717) is 11.4 Å². The van der Waals surface area contributed by atoms with Gasteiger partial charge in [-0.25, -0.2) is 6.57 Å². The number of rotatable bonds is 4. The number of methoxy groups -OCH3 is 1. The summed E-state index contributed by atoms with van der Waals surface area (Å²) in [6.07, 6.45) is 0.632. The van der Waals surface area contributed by atoms with Gasteiger partial charge in [-0.1, -0.05) is 27.5 Å². The average molecular weight is 317 g/mol. The summed E-state index contributed by atoms with van der Waals surface area (Å²) in [7, 11) is 1.34. The quantitative estimate of drug-likeness (QED) is 0.620. The van der Waals surface area contributed by atoms with E-state index in [1.54, 1.807) is 12.1 Å². The topological polar surface area (TPSA) is 30.7 Å². The van der Waals surface area contributed by atoms with E-state index in [4.69, 9.17) is 18.2 Å². The fourth-order valence-corrected chi connectivity index (χ4v) is 2.22. The third-order valence-corrected chi connectivity index (χ3v) is 3.15. The van der Waals surface area contributed by atoms with Gasteiger partial charge < -0.3 is 9.58 Å². The van der Waals surface area contributed by atoms with Crippen molar-refractivity contribution >= 4 is 33.5 Å². The van der Waals surface area contributed by atoms with Crippen LogP contribution in [0.5, 0.6) is 0 Å². The highest BCUT2D eigenvalue weighted by Gasteiger charge is 2.20. The van der Waals surface area contributed by atoms with E-state index in [2.05, 4.69) is 25.5 Å². The van der Waals surface area contributed by atoms with Gasteiger partial charge in [0, 0.05) is 10.9 Å². The van der Waals surface area contributed by atoms with Crippen molar-refractivity contribution in [3.05, 3.63) is 44.7 Å². The molecule has 90 valence electrons. The molecule has 0 N–H and O–H groups in total. The van der Waals surface area contributed by atoms with Crippen LogP contribution in [0, 0.1) is 6.57 Å². The van der Waals surface area contributed by atoms with E-state index in [-0.39, 0.29) is 12.4 Å². The van der Waals surface area contributed by atoms with Gasteiger partial charge in [-0.05, 0) is 18.2 Å². The number of benzene rings is 1. The van der Waals surface area contributed by atoms with Gasteiger partial charge in [-0.15, -0.1) is 0 Å². The van der Waals surface area contributed by atoms with Crippen molar-refractivity contribution in [2.75, 3.05) is 7.11 Å². The number of halogens is 2. The van der Waals surface area contributed by atoms with Gasteiger partial charge in [-0.2, -0.15) is 0 Å². The largest absolute Gasteiger partial charge is 0.469 e. The maximum Gasteiger partial charge on any atom is 0.305 e. The van der Waals surface area contributed by atoms with Gasteiger partial charge in [0.15, 0.2) is 0 Å². The Morgan fingerprint density at radius 1 is 1.65 bits per heavy atom. The Balaban J connectivity index is 2.80. The van der Waals surface area contributed by atoms with E-state index in [0.717, 1.165) is 10.0 Å². The van der Waals surface area contributed by atoms with Crippen LogP contribution in [0.2, 0.25) is 5.02 Å². The second-order valence-electron chi connectivity index (χ2n) is 3.43. The second-order valence-corrected chi connectivity index (χ2v) is 4.75. The van der Waals surface area contributed by atoms with E-state index in [1.165, 1.54) is 7.11 Å². The van der Waals surface area contributed by atoms with Crippen LogP contribution in [-0.4, -0.2) is 13.1 Å². The van der Waals surface area contributed by atoms with Gasteiger partial charge in [0.05, 0.1) is 24.1 Å². The summed E-state index contributed by atoms with van der Waals surface area (Å²) in [6, 6.07) is 4.96. The second kappa shape index (κ2) is 6.63. The number of esters is 1. The van der Waals surface area contributed by atoms with Gasteiger partial charge in [0.25, 0.3) is 6.04 Å². The molecule has 0 saturated heterocycles. The molecule has 0 radical (unpaired) electrons. The molecular weight excluding hydrogens is 305 g/mol. The molecule has 0 aliphatic heterocycles. The molecule has 1 aromatic carbocycles. The number of carbonyl (C=O) groups excluding carboxylic acids is 1. The Morgan fingerprint density at radius 3 is 2.88 bits per heavy atom.